The summed E-state index contributed by atoms with van der Waals surface area (Å²) in [5.74, 6) is 0.161. The van der Waals surface area contributed by atoms with Crippen LogP contribution in [0.25, 0.3) is 0 Å². The Bertz CT molecular complexity index is 672. The van der Waals surface area contributed by atoms with Crippen molar-refractivity contribution in [2.75, 3.05) is 11.9 Å². The Balaban J connectivity index is 2.12. The number of aliphatic hydroxyl groups excluding tert-OH is 1. The van der Waals surface area contributed by atoms with Crippen molar-refractivity contribution < 1.29 is 18.6 Å². The van der Waals surface area contributed by atoms with Gasteiger partial charge in [0.2, 0.25) is 0 Å². The van der Waals surface area contributed by atoms with Crippen molar-refractivity contribution in [2.24, 2.45) is 0 Å². The number of alkyl halides is 2. The molecule has 0 spiro atoms. The fourth-order valence-electron chi connectivity index (χ4n) is 2.43. The van der Waals surface area contributed by atoms with E-state index in [1.54, 1.807) is 23.7 Å². The van der Waals surface area contributed by atoms with Gasteiger partial charge in [-0.2, -0.15) is 13.9 Å². The van der Waals surface area contributed by atoms with E-state index in [2.05, 4.69) is 15.2 Å². The van der Waals surface area contributed by atoms with Gasteiger partial charge in [-0.25, -0.2) is 0 Å². The van der Waals surface area contributed by atoms with E-state index >= 15 is 0 Å². The second-order valence-corrected chi connectivity index (χ2v) is 5.31. The minimum atomic E-state index is -2.84. The molecule has 2 rings (SSSR count). The number of aromatic nitrogens is 2. The average Bonchev–Trinajstić information content (AvgIpc) is 2.74. The summed E-state index contributed by atoms with van der Waals surface area (Å²) in [6, 6.07) is 5.11. The van der Waals surface area contributed by atoms with E-state index in [-0.39, 0.29) is 12.4 Å². The first-order chi connectivity index (χ1) is 10.9. The normalized spacial score (nSPS) is 11.1. The largest absolute Gasteiger partial charge is 0.434 e. The number of rotatable bonds is 7. The van der Waals surface area contributed by atoms with Crippen LogP contribution in [-0.2, 0) is 13.1 Å². The second kappa shape index (κ2) is 7.41. The standard InChI is InChI=1S/C16H21F2N3O2/c1-10-4-5-13(8-15(10)23-16(17)18)19-9-14-11(2)20-21(6-7-22)12(14)3/h4-5,8,16,19,22H,6-7,9H2,1-3H3. The summed E-state index contributed by atoms with van der Waals surface area (Å²) < 4.78 is 31.0. The predicted molar refractivity (Wildman–Crippen MR) is 83.9 cm³/mol. The number of hydrogen-bond acceptors (Lipinski definition) is 4. The van der Waals surface area contributed by atoms with Gasteiger partial charge in [0.1, 0.15) is 5.75 Å². The van der Waals surface area contributed by atoms with Crippen molar-refractivity contribution in [3.63, 3.8) is 0 Å². The van der Waals surface area contributed by atoms with Gasteiger partial charge in [0.25, 0.3) is 0 Å². The summed E-state index contributed by atoms with van der Waals surface area (Å²) >= 11 is 0. The molecule has 0 aliphatic rings. The topological polar surface area (TPSA) is 59.3 Å². The molecule has 1 aromatic carbocycles. The minimum absolute atomic E-state index is 0.0289. The second-order valence-electron chi connectivity index (χ2n) is 5.31. The Morgan fingerprint density at radius 1 is 1.30 bits per heavy atom. The number of aryl methyl sites for hydroxylation is 2. The first kappa shape index (κ1) is 17.2. The fourth-order valence-corrected chi connectivity index (χ4v) is 2.43. The van der Waals surface area contributed by atoms with Gasteiger partial charge in [-0.15, -0.1) is 0 Å². The summed E-state index contributed by atoms with van der Waals surface area (Å²) in [5.41, 5.74) is 4.22. The molecule has 0 aliphatic heterocycles. The highest BCUT2D eigenvalue weighted by molar-refractivity contribution is 5.52. The van der Waals surface area contributed by atoms with Crippen LogP contribution in [0.15, 0.2) is 18.2 Å². The zero-order valence-corrected chi connectivity index (χ0v) is 13.4. The first-order valence-electron chi connectivity index (χ1n) is 7.35. The van der Waals surface area contributed by atoms with Gasteiger partial charge in [0.15, 0.2) is 0 Å². The zero-order chi connectivity index (χ0) is 17.0. The van der Waals surface area contributed by atoms with Crippen LogP contribution in [-0.4, -0.2) is 28.1 Å². The highest BCUT2D eigenvalue weighted by Crippen LogP contribution is 2.25. The number of anilines is 1. The summed E-state index contributed by atoms with van der Waals surface area (Å²) in [7, 11) is 0. The molecule has 0 radical (unpaired) electrons. The van der Waals surface area contributed by atoms with Crippen molar-refractivity contribution in [2.45, 2.75) is 40.5 Å². The molecular weight excluding hydrogens is 304 g/mol. The van der Waals surface area contributed by atoms with Crippen LogP contribution in [0, 0.1) is 20.8 Å². The van der Waals surface area contributed by atoms with E-state index in [9.17, 15) is 8.78 Å². The summed E-state index contributed by atoms with van der Waals surface area (Å²) in [4.78, 5) is 0. The van der Waals surface area contributed by atoms with Crippen LogP contribution < -0.4 is 10.1 Å². The maximum Gasteiger partial charge on any atom is 0.387 e. The van der Waals surface area contributed by atoms with E-state index in [0.29, 0.717) is 24.3 Å². The van der Waals surface area contributed by atoms with E-state index in [4.69, 9.17) is 5.11 Å². The molecule has 126 valence electrons. The van der Waals surface area contributed by atoms with Crippen LogP contribution >= 0.6 is 0 Å². The lowest BCUT2D eigenvalue weighted by Crippen LogP contribution is -2.07. The third kappa shape index (κ3) is 4.19. The molecule has 0 bridgehead atoms. The van der Waals surface area contributed by atoms with E-state index < -0.39 is 6.61 Å². The number of benzene rings is 1. The van der Waals surface area contributed by atoms with Gasteiger partial charge in [-0.05, 0) is 32.4 Å². The molecule has 7 heteroatoms. The van der Waals surface area contributed by atoms with Gasteiger partial charge in [-0.1, -0.05) is 6.07 Å². The molecule has 0 atom stereocenters. The van der Waals surface area contributed by atoms with Crippen LogP contribution in [0.5, 0.6) is 5.75 Å². The van der Waals surface area contributed by atoms with Gasteiger partial charge in [0.05, 0.1) is 18.8 Å². The van der Waals surface area contributed by atoms with Crippen molar-refractivity contribution >= 4 is 5.69 Å². The Labute approximate surface area is 133 Å². The lowest BCUT2D eigenvalue weighted by Gasteiger charge is -2.12. The summed E-state index contributed by atoms with van der Waals surface area (Å²) in [6.07, 6.45) is 0. The Morgan fingerprint density at radius 2 is 2.04 bits per heavy atom. The van der Waals surface area contributed by atoms with Crippen molar-refractivity contribution in [1.29, 1.82) is 0 Å². The lowest BCUT2D eigenvalue weighted by atomic mass is 10.1. The van der Waals surface area contributed by atoms with E-state index in [0.717, 1.165) is 17.0 Å². The molecule has 0 fully saturated rings. The highest BCUT2D eigenvalue weighted by atomic mass is 19.3. The minimum Gasteiger partial charge on any atom is -0.434 e. The Morgan fingerprint density at radius 3 is 2.70 bits per heavy atom. The quantitative estimate of drug-likeness (QED) is 0.821. The number of nitrogens with zero attached hydrogens (tertiary/aromatic N) is 2. The molecule has 0 aliphatic carbocycles. The van der Waals surface area contributed by atoms with E-state index in [1.165, 1.54) is 0 Å². The molecular formula is C16H21F2N3O2. The zero-order valence-electron chi connectivity index (χ0n) is 13.4. The van der Waals surface area contributed by atoms with Crippen molar-refractivity contribution in [3.8, 4) is 5.75 Å². The van der Waals surface area contributed by atoms with Gasteiger partial charge in [0, 0.05) is 29.6 Å². The van der Waals surface area contributed by atoms with Crippen molar-refractivity contribution in [1.82, 2.24) is 9.78 Å². The van der Waals surface area contributed by atoms with Gasteiger partial charge < -0.3 is 15.2 Å². The molecule has 2 N–H and O–H groups in total. The van der Waals surface area contributed by atoms with Crippen LogP contribution in [0.3, 0.4) is 0 Å². The summed E-state index contributed by atoms with van der Waals surface area (Å²) in [6.45, 7) is 3.70. The molecule has 5 nitrogen and oxygen atoms in total. The number of hydrogen-bond donors (Lipinski definition) is 2. The molecule has 23 heavy (non-hydrogen) atoms. The van der Waals surface area contributed by atoms with Crippen LogP contribution in [0.2, 0.25) is 0 Å². The molecule has 0 saturated heterocycles. The lowest BCUT2D eigenvalue weighted by molar-refractivity contribution is -0.0502. The van der Waals surface area contributed by atoms with Crippen molar-refractivity contribution in [3.05, 3.63) is 40.7 Å². The molecule has 0 amide bonds. The third-order valence-electron chi connectivity index (χ3n) is 3.72. The first-order valence-corrected chi connectivity index (χ1v) is 7.35. The smallest absolute Gasteiger partial charge is 0.387 e. The van der Waals surface area contributed by atoms with E-state index in [1.807, 2.05) is 19.9 Å². The molecule has 0 unspecified atom stereocenters. The molecule has 0 saturated carbocycles. The molecule has 1 heterocycles. The Hall–Kier alpha value is -2.15. The third-order valence-corrected chi connectivity index (χ3v) is 3.72. The SMILES string of the molecule is Cc1ccc(NCc2c(C)nn(CCO)c2C)cc1OC(F)F. The molecule has 1 aromatic heterocycles. The summed E-state index contributed by atoms with van der Waals surface area (Å²) in [5, 5.41) is 16.6. The van der Waals surface area contributed by atoms with Gasteiger partial charge >= 0.3 is 6.61 Å². The number of nitrogens with one attached hydrogen (secondary N) is 1. The maximum absolute atomic E-state index is 12.4. The maximum atomic E-state index is 12.4. The Kier molecular flexibility index (Phi) is 5.54. The fraction of sp³-hybridized carbons (Fsp3) is 0.438. The number of ether oxygens (including phenoxy) is 1. The number of halogens is 2. The monoisotopic (exact) mass is 325 g/mol. The average molecular weight is 325 g/mol. The van der Waals surface area contributed by atoms with Gasteiger partial charge in [-0.3, -0.25) is 4.68 Å². The molecule has 2 aromatic rings. The predicted octanol–water partition coefficient (Wildman–Crippen LogP) is 3.01. The highest BCUT2D eigenvalue weighted by Gasteiger charge is 2.12. The number of aliphatic hydroxyl groups is 1. The van der Waals surface area contributed by atoms with Crippen LogP contribution in [0.1, 0.15) is 22.5 Å². The van der Waals surface area contributed by atoms with Crippen LogP contribution in [0.4, 0.5) is 14.5 Å².